The summed E-state index contributed by atoms with van der Waals surface area (Å²) < 4.78 is 0. The van der Waals surface area contributed by atoms with Crippen LogP contribution in [0.5, 0.6) is 0 Å². The summed E-state index contributed by atoms with van der Waals surface area (Å²) in [6.45, 7) is 7.06. The van der Waals surface area contributed by atoms with Gasteiger partial charge in [-0.2, -0.15) is 11.8 Å². The summed E-state index contributed by atoms with van der Waals surface area (Å²) in [6.07, 6.45) is 0. The van der Waals surface area contributed by atoms with Crippen molar-refractivity contribution < 1.29 is 0 Å². The van der Waals surface area contributed by atoms with Gasteiger partial charge in [0.25, 0.3) is 0 Å². The number of halogens is 1. The van der Waals surface area contributed by atoms with Gasteiger partial charge in [-0.15, -0.1) is 17.5 Å². The van der Waals surface area contributed by atoms with Crippen LogP contribution < -0.4 is 0 Å². The molecular weight excluding hydrogens is 196 g/mol. The average Bonchev–Trinajstić information content (AvgIpc) is 1.96. The molecule has 0 rings (SSSR count). The summed E-state index contributed by atoms with van der Waals surface area (Å²) in [5.41, 5.74) is 2.70. The SMILES string of the molecule is C=C=CSCCSCC(=C)Cl. The molecule has 0 spiro atoms. The van der Waals surface area contributed by atoms with Crippen molar-refractivity contribution in [1.82, 2.24) is 0 Å². The van der Waals surface area contributed by atoms with E-state index in [0.29, 0.717) is 0 Å². The van der Waals surface area contributed by atoms with Crippen molar-refractivity contribution in [3.05, 3.63) is 29.3 Å². The predicted octanol–water partition coefficient (Wildman–Crippen LogP) is 3.50. The van der Waals surface area contributed by atoms with Crippen LogP contribution in [0.3, 0.4) is 0 Å². The Balaban J connectivity index is 3.02. The van der Waals surface area contributed by atoms with Crippen molar-refractivity contribution in [3.63, 3.8) is 0 Å². The Morgan fingerprint density at radius 3 is 2.82 bits per heavy atom. The minimum atomic E-state index is 0.722. The minimum Gasteiger partial charge on any atom is -0.155 e. The highest BCUT2D eigenvalue weighted by Crippen LogP contribution is 2.11. The van der Waals surface area contributed by atoms with Crippen molar-refractivity contribution in [2.24, 2.45) is 0 Å². The Morgan fingerprint density at radius 2 is 2.27 bits per heavy atom. The summed E-state index contributed by atoms with van der Waals surface area (Å²) in [6, 6.07) is 0. The second kappa shape index (κ2) is 8.35. The normalized spacial score (nSPS) is 8.82. The molecule has 3 heteroatoms. The lowest BCUT2D eigenvalue weighted by atomic mass is 10.7. The maximum atomic E-state index is 5.57. The fourth-order valence-corrected chi connectivity index (χ4v) is 2.10. The van der Waals surface area contributed by atoms with Crippen LogP contribution >= 0.6 is 35.1 Å². The third kappa shape index (κ3) is 10.2. The van der Waals surface area contributed by atoms with Gasteiger partial charge in [-0.3, -0.25) is 0 Å². The van der Waals surface area contributed by atoms with E-state index in [-0.39, 0.29) is 0 Å². The molecule has 0 aromatic rings. The first-order chi connectivity index (χ1) is 5.27. The first-order valence-corrected chi connectivity index (χ1v) is 5.72. The predicted molar refractivity (Wildman–Crippen MR) is 58.5 cm³/mol. The van der Waals surface area contributed by atoms with Gasteiger partial charge in [0, 0.05) is 27.7 Å². The van der Waals surface area contributed by atoms with Gasteiger partial charge in [0.15, 0.2) is 0 Å². The molecule has 0 heterocycles. The fraction of sp³-hybridized carbons (Fsp3) is 0.375. The van der Waals surface area contributed by atoms with Crippen LogP contribution in [0.25, 0.3) is 0 Å². The molecule has 11 heavy (non-hydrogen) atoms. The molecule has 0 aromatic carbocycles. The second-order valence-corrected chi connectivity index (χ2v) is 4.38. The summed E-state index contributed by atoms with van der Waals surface area (Å²) in [5.74, 6) is 3.02. The van der Waals surface area contributed by atoms with Crippen LogP contribution in [0, 0.1) is 0 Å². The molecule has 0 saturated carbocycles. The van der Waals surface area contributed by atoms with Crippen LogP contribution in [0.1, 0.15) is 0 Å². The maximum absolute atomic E-state index is 5.57. The molecule has 0 radical (unpaired) electrons. The van der Waals surface area contributed by atoms with Crippen molar-refractivity contribution in [2.75, 3.05) is 17.3 Å². The standard InChI is InChI=1S/C8H11ClS2/c1-3-4-10-5-6-11-7-8(2)9/h4H,1-2,5-7H2. The van der Waals surface area contributed by atoms with Gasteiger partial charge in [-0.1, -0.05) is 24.8 Å². The van der Waals surface area contributed by atoms with E-state index in [4.69, 9.17) is 11.6 Å². The Kier molecular flexibility index (Phi) is 8.54. The zero-order valence-electron chi connectivity index (χ0n) is 6.31. The molecule has 0 saturated heterocycles. The maximum Gasteiger partial charge on any atom is 0.0286 e. The van der Waals surface area contributed by atoms with Crippen LogP contribution in [0.4, 0.5) is 0 Å². The first kappa shape index (κ1) is 11.2. The van der Waals surface area contributed by atoms with Gasteiger partial charge in [0.05, 0.1) is 0 Å². The van der Waals surface area contributed by atoms with Crippen LogP contribution in [-0.4, -0.2) is 17.3 Å². The van der Waals surface area contributed by atoms with E-state index in [1.54, 1.807) is 23.5 Å². The lowest BCUT2D eigenvalue weighted by Gasteiger charge is -1.96. The lowest BCUT2D eigenvalue weighted by molar-refractivity contribution is 1.54. The highest BCUT2D eigenvalue weighted by molar-refractivity contribution is 8.04. The molecule has 0 aliphatic rings. The lowest BCUT2D eigenvalue weighted by Crippen LogP contribution is -1.84. The van der Waals surface area contributed by atoms with Crippen molar-refractivity contribution in [2.45, 2.75) is 0 Å². The zero-order chi connectivity index (χ0) is 8.53. The first-order valence-electron chi connectivity index (χ1n) is 3.14. The van der Waals surface area contributed by atoms with Crippen molar-refractivity contribution in [3.8, 4) is 0 Å². The van der Waals surface area contributed by atoms with E-state index in [0.717, 1.165) is 22.3 Å². The Labute approximate surface area is 81.8 Å². The molecule has 0 aliphatic carbocycles. The molecule has 0 bridgehead atoms. The van der Waals surface area contributed by atoms with Gasteiger partial charge in [-0.05, 0) is 0 Å². The summed E-state index contributed by atoms with van der Waals surface area (Å²) in [7, 11) is 0. The molecule has 0 atom stereocenters. The molecule has 0 unspecified atom stereocenters. The van der Waals surface area contributed by atoms with Crippen LogP contribution in [-0.2, 0) is 0 Å². The molecule has 62 valence electrons. The third-order valence-corrected chi connectivity index (χ3v) is 3.14. The molecule has 0 nitrogen and oxygen atoms in total. The Morgan fingerprint density at radius 1 is 1.55 bits per heavy atom. The number of rotatable bonds is 6. The molecule has 0 amide bonds. The van der Waals surface area contributed by atoms with Crippen molar-refractivity contribution in [1.29, 1.82) is 0 Å². The number of thioether (sulfide) groups is 2. The highest BCUT2D eigenvalue weighted by atomic mass is 35.5. The van der Waals surface area contributed by atoms with E-state index >= 15 is 0 Å². The topological polar surface area (TPSA) is 0 Å². The van der Waals surface area contributed by atoms with Gasteiger partial charge < -0.3 is 0 Å². The quantitative estimate of drug-likeness (QED) is 0.482. The second-order valence-electron chi connectivity index (χ2n) is 1.76. The number of hydrogen-bond donors (Lipinski definition) is 0. The van der Waals surface area contributed by atoms with Crippen LogP contribution in [0.2, 0.25) is 0 Å². The summed E-state index contributed by atoms with van der Waals surface area (Å²) in [4.78, 5) is 0. The van der Waals surface area contributed by atoms with Gasteiger partial charge in [0.1, 0.15) is 0 Å². The van der Waals surface area contributed by atoms with E-state index in [9.17, 15) is 0 Å². The molecule has 0 fully saturated rings. The molecular formula is C8H11ClS2. The van der Waals surface area contributed by atoms with E-state index in [2.05, 4.69) is 18.9 Å². The van der Waals surface area contributed by atoms with Gasteiger partial charge in [0.2, 0.25) is 0 Å². The smallest absolute Gasteiger partial charge is 0.0286 e. The highest BCUT2D eigenvalue weighted by Gasteiger charge is 1.89. The molecule has 0 N–H and O–H groups in total. The number of hydrogen-bond acceptors (Lipinski definition) is 2. The average molecular weight is 207 g/mol. The van der Waals surface area contributed by atoms with Crippen molar-refractivity contribution >= 4 is 35.1 Å². The largest absolute Gasteiger partial charge is 0.155 e. The monoisotopic (exact) mass is 206 g/mol. The van der Waals surface area contributed by atoms with E-state index in [1.807, 2.05) is 5.41 Å². The third-order valence-electron chi connectivity index (χ3n) is 0.771. The summed E-state index contributed by atoms with van der Waals surface area (Å²) in [5, 5.41) is 2.59. The summed E-state index contributed by atoms with van der Waals surface area (Å²) >= 11 is 9.07. The minimum absolute atomic E-state index is 0.722. The van der Waals surface area contributed by atoms with Gasteiger partial charge >= 0.3 is 0 Å². The molecule has 0 aromatic heterocycles. The Bertz CT molecular complexity index is 155. The Hall–Kier alpha value is 0.250. The van der Waals surface area contributed by atoms with Crippen LogP contribution in [0.15, 0.2) is 29.3 Å². The fourth-order valence-electron chi connectivity index (χ4n) is 0.408. The van der Waals surface area contributed by atoms with E-state index in [1.165, 1.54) is 0 Å². The molecule has 0 aliphatic heterocycles. The zero-order valence-corrected chi connectivity index (χ0v) is 8.70. The van der Waals surface area contributed by atoms with E-state index < -0.39 is 0 Å². The van der Waals surface area contributed by atoms with Gasteiger partial charge in [-0.25, -0.2) is 0 Å².